The highest BCUT2D eigenvalue weighted by Gasteiger charge is 2.28. The van der Waals surface area contributed by atoms with Crippen LogP contribution in [0, 0.1) is 5.82 Å². The molecule has 2 rings (SSSR count). The Balaban J connectivity index is 2.17. The summed E-state index contributed by atoms with van der Waals surface area (Å²) in [6.45, 7) is 7.65. The van der Waals surface area contributed by atoms with Crippen LogP contribution in [0.15, 0.2) is 23.1 Å². The van der Waals surface area contributed by atoms with E-state index in [1.807, 2.05) is 27.7 Å². The van der Waals surface area contributed by atoms with Crippen LogP contribution in [-0.4, -0.2) is 74.5 Å². The second-order valence-electron chi connectivity index (χ2n) is 7.22. The van der Waals surface area contributed by atoms with Crippen molar-refractivity contribution in [2.24, 2.45) is 0 Å². The van der Waals surface area contributed by atoms with Gasteiger partial charge in [0.05, 0.1) is 23.7 Å². The number of amides is 1. The third-order valence-electron chi connectivity index (χ3n) is 4.49. The fourth-order valence-electron chi connectivity index (χ4n) is 3.21. The quantitative estimate of drug-likeness (QED) is 0.611. The summed E-state index contributed by atoms with van der Waals surface area (Å²) in [5.41, 5.74) is -0.534. The second kappa shape index (κ2) is 9.64. The van der Waals surface area contributed by atoms with E-state index in [0.29, 0.717) is 0 Å². The molecule has 1 aliphatic heterocycles. The van der Waals surface area contributed by atoms with Gasteiger partial charge in [0.1, 0.15) is 5.82 Å². The van der Waals surface area contributed by atoms with Gasteiger partial charge in [0.25, 0.3) is 5.91 Å². The summed E-state index contributed by atoms with van der Waals surface area (Å²) in [5.74, 6) is -2.43. The molecule has 1 heterocycles. The third kappa shape index (κ3) is 5.52. The zero-order chi connectivity index (χ0) is 21.8. The van der Waals surface area contributed by atoms with Crippen LogP contribution in [0.25, 0.3) is 0 Å². The predicted molar refractivity (Wildman–Crippen MR) is 103 cm³/mol. The van der Waals surface area contributed by atoms with E-state index in [2.05, 4.69) is 0 Å². The average molecular weight is 430 g/mol. The van der Waals surface area contributed by atoms with Gasteiger partial charge in [-0.05, 0) is 45.9 Å². The Kier molecular flexibility index (Phi) is 7.73. The number of sulfonamides is 1. The van der Waals surface area contributed by atoms with Gasteiger partial charge in [0, 0.05) is 25.2 Å². The molecule has 1 aliphatic rings. The second-order valence-corrected chi connectivity index (χ2v) is 9.16. The highest BCUT2D eigenvalue weighted by Crippen LogP contribution is 2.21. The smallest absolute Gasteiger partial charge is 0.341 e. The van der Waals surface area contributed by atoms with Gasteiger partial charge < -0.3 is 14.4 Å². The van der Waals surface area contributed by atoms with Gasteiger partial charge in [0.2, 0.25) is 10.0 Å². The van der Waals surface area contributed by atoms with Crippen LogP contribution in [0.3, 0.4) is 0 Å². The fourth-order valence-corrected chi connectivity index (χ4v) is 4.64. The minimum atomic E-state index is -3.90. The topological polar surface area (TPSA) is 93.2 Å². The van der Waals surface area contributed by atoms with E-state index in [1.165, 1.54) is 4.31 Å². The van der Waals surface area contributed by atoms with Crippen LogP contribution < -0.4 is 0 Å². The number of nitrogens with zero attached hydrogens (tertiary/aromatic N) is 2. The number of hydrogen-bond acceptors (Lipinski definition) is 6. The first-order chi connectivity index (χ1) is 13.6. The molecule has 1 saturated heterocycles. The minimum Gasteiger partial charge on any atom is -0.452 e. The highest BCUT2D eigenvalue weighted by atomic mass is 32.2. The van der Waals surface area contributed by atoms with Crippen molar-refractivity contribution in [1.82, 2.24) is 9.21 Å². The Morgan fingerprint density at radius 3 is 2.31 bits per heavy atom. The SMILES string of the molecule is CC(C)N(C(=O)COC(=O)c1cc(S(=O)(=O)N2CCOCC2)ccc1F)C(C)C. The summed E-state index contributed by atoms with van der Waals surface area (Å²) >= 11 is 0. The van der Waals surface area contributed by atoms with Crippen LogP contribution in [0.5, 0.6) is 0 Å². The molecule has 0 aromatic heterocycles. The van der Waals surface area contributed by atoms with Crippen LogP contribution in [-0.2, 0) is 24.3 Å². The Morgan fingerprint density at radius 2 is 1.76 bits per heavy atom. The fraction of sp³-hybridized carbons (Fsp3) is 0.579. The van der Waals surface area contributed by atoms with Crippen LogP contribution >= 0.6 is 0 Å². The maximum Gasteiger partial charge on any atom is 0.341 e. The largest absolute Gasteiger partial charge is 0.452 e. The maximum atomic E-state index is 14.2. The molecule has 0 saturated carbocycles. The molecule has 29 heavy (non-hydrogen) atoms. The molecule has 0 radical (unpaired) electrons. The summed E-state index contributed by atoms with van der Waals surface area (Å²) in [6.07, 6.45) is 0. The molecule has 0 unspecified atom stereocenters. The number of rotatable bonds is 7. The van der Waals surface area contributed by atoms with E-state index < -0.39 is 39.9 Å². The van der Waals surface area contributed by atoms with E-state index >= 15 is 0 Å². The highest BCUT2D eigenvalue weighted by molar-refractivity contribution is 7.89. The minimum absolute atomic E-state index is 0.0973. The van der Waals surface area contributed by atoms with Crippen molar-refractivity contribution in [3.63, 3.8) is 0 Å². The van der Waals surface area contributed by atoms with Crippen LogP contribution in [0.1, 0.15) is 38.1 Å². The molecule has 1 aromatic carbocycles. The Morgan fingerprint density at radius 1 is 1.17 bits per heavy atom. The average Bonchev–Trinajstić information content (AvgIpc) is 2.66. The lowest BCUT2D eigenvalue weighted by Crippen LogP contribution is -2.44. The van der Waals surface area contributed by atoms with Crippen molar-refractivity contribution >= 4 is 21.9 Å². The van der Waals surface area contributed by atoms with E-state index in [0.717, 1.165) is 18.2 Å². The van der Waals surface area contributed by atoms with E-state index in [1.54, 1.807) is 4.90 Å². The first-order valence-corrected chi connectivity index (χ1v) is 10.9. The molecule has 0 spiro atoms. The lowest BCUT2D eigenvalue weighted by Gasteiger charge is -2.30. The Bertz CT molecular complexity index is 842. The van der Waals surface area contributed by atoms with E-state index in [-0.39, 0.29) is 43.3 Å². The van der Waals surface area contributed by atoms with Gasteiger partial charge in [-0.1, -0.05) is 0 Å². The molecule has 1 fully saturated rings. The van der Waals surface area contributed by atoms with Gasteiger partial charge in [-0.2, -0.15) is 4.31 Å². The van der Waals surface area contributed by atoms with Gasteiger partial charge >= 0.3 is 5.97 Å². The molecule has 0 atom stereocenters. The van der Waals surface area contributed by atoms with Crippen molar-refractivity contribution in [2.45, 2.75) is 44.7 Å². The molecule has 0 bridgehead atoms. The van der Waals surface area contributed by atoms with Crippen LogP contribution in [0.2, 0.25) is 0 Å². The molecule has 8 nitrogen and oxygen atoms in total. The first kappa shape index (κ1) is 23.2. The molecule has 162 valence electrons. The number of carbonyl (C=O) groups excluding carboxylic acids is 2. The van der Waals surface area contributed by atoms with Gasteiger partial charge in [-0.25, -0.2) is 17.6 Å². The zero-order valence-electron chi connectivity index (χ0n) is 17.1. The summed E-state index contributed by atoms with van der Waals surface area (Å²) in [4.78, 5) is 26.0. The van der Waals surface area contributed by atoms with Crippen molar-refractivity contribution in [2.75, 3.05) is 32.9 Å². The molecule has 10 heteroatoms. The van der Waals surface area contributed by atoms with Crippen molar-refractivity contribution in [1.29, 1.82) is 0 Å². The number of benzene rings is 1. The van der Waals surface area contributed by atoms with Gasteiger partial charge in [-0.15, -0.1) is 0 Å². The van der Waals surface area contributed by atoms with Gasteiger partial charge in [-0.3, -0.25) is 4.79 Å². The van der Waals surface area contributed by atoms with Gasteiger partial charge in [0.15, 0.2) is 6.61 Å². The van der Waals surface area contributed by atoms with Crippen molar-refractivity contribution in [3.8, 4) is 0 Å². The Labute approximate surface area is 170 Å². The zero-order valence-corrected chi connectivity index (χ0v) is 17.9. The number of esters is 1. The molecule has 1 aromatic rings. The molecule has 0 aliphatic carbocycles. The van der Waals surface area contributed by atoms with Crippen LogP contribution in [0.4, 0.5) is 4.39 Å². The summed E-state index contributed by atoms with van der Waals surface area (Å²) in [5, 5.41) is 0. The van der Waals surface area contributed by atoms with Crippen molar-refractivity contribution in [3.05, 3.63) is 29.6 Å². The number of hydrogen-bond donors (Lipinski definition) is 0. The normalized spacial score (nSPS) is 15.6. The summed E-state index contributed by atoms with van der Waals surface area (Å²) in [7, 11) is -3.90. The summed E-state index contributed by atoms with van der Waals surface area (Å²) in [6, 6.07) is 2.75. The lowest BCUT2D eigenvalue weighted by molar-refractivity contribution is -0.138. The van der Waals surface area contributed by atoms with Crippen molar-refractivity contribution < 1.29 is 31.9 Å². The molecule has 1 amide bonds. The molecule has 0 N–H and O–H groups in total. The predicted octanol–water partition coefficient (Wildman–Crippen LogP) is 1.65. The van der Waals surface area contributed by atoms with E-state index in [4.69, 9.17) is 9.47 Å². The maximum absolute atomic E-state index is 14.2. The number of halogens is 1. The number of morpholine rings is 1. The third-order valence-corrected chi connectivity index (χ3v) is 6.39. The number of ether oxygens (including phenoxy) is 2. The number of carbonyl (C=O) groups is 2. The Hall–Kier alpha value is -2.04. The summed E-state index contributed by atoms with van der Waals surface area (Å²) < 4.78 is 50.9. The monoisotopic (exact) mass is 430 g/mol. The standard InChI is InChI=1S/C19H27FN2O6S/c1-13(2)22(14(3)4)18(23)12-28-19(24)16-11-15(5-6-17(16)20)29(25,26)21-7-9-27-10-8-21/h5-6,11,13-14H,7-10,12H2,1-4H3. The lowest BCUT2D eigenvalue weighted by atomic mass is 10.2. The molecular weight excluding hydrogens is 403 g/mol. The van der Waals surface area contributed by atoms with E-state index in [9.17, 15) is 22.4 Å². The molecular formula is C19H27FN2O6S. The first-order valence-electron chi connectivity index (χ1n) is 9.41.